The molecular weight excluding hydrogens is 337 g/mol. The van der Waals surface area contributed by atoms with Crippen LogP contribution in [0.5, 0.6) is 0 Å². The fraction of sp³-hybridized carbons (Fsp3) is 0.385. The first kappa shape index (κ1) is 17.5. The van der Waals surface area contributed by atoms with Crippen molar-refractivity contribution in [3.05, 3.63) is 33.9 Å². The number of rotatable bonds is 5. The van der Waals surface area contributed by atoms with Gasteiger partial charge in [-0.3, -0.25) is 14.9 Å². The maximum absolute atomic E-state index is 12.6. The zero-order chi connectivity index (χ0) is 17.9. The molecule has 0 unspecified atom stereocenters. The van der Waals surface area contributed by atoms with Gasteiger partial charge in [0.1, 0.15) is 12.2 Å². The molecule has 1 aromatic rings. The van der Waals surface area contributed by atoms with Crippen LogP contribution >= 0.6 is 0 Å². The molecule has 1 heterocycles. The molecule has 0 amide bonds. The third kappa shape index (κ3) is 4.12. The molecule has 1 aliphatic rings. The topological polar surface area (TPSA) is 108 Å². The number of halogens is 3. The van der Waals surface area contributed by atoms with Crippen LogP contribution in [0.1, 0.15) is 12.0 Å². The van der Waals surface area contributed by atoms with Crippen LogP contribution in [0.3, 0.4) is 0 Å². The summed E-state index contributed by atoms with van der Waals surface area (Å²) in [6.45, 7) is -0.440. The van der Waals surface area contributed by atoms with Crippen molar-refractivity contribution >= 4 is 23.3 Å². The Morgan fingerprint density at radius 2 is 2.17 bits per heavy atom. The molecule has 1 N–H and O–H groups in total. The molecular formula is C13H11F3N2O6. The van der Waals surface area contributed by atoms with Crippen LogP contribution in [-0.4, -0.2) is 36.1 Å². The minimum absolute atomic E-state index is 0.120. The number of carbonyl (C=O) groups excluding carboxylic acids is 2. The second-order valence-electron chi connectivity index (χ2n) is 4.78. The summed E-state index contributed by atoms with van der Waals surface area (Å²) in [5, 5.41) is 13.2. The molecule has 1 saturated heterocycles. The summed E-state index contributed by atoms with van der Waals surface area (Å²) in [5.41, 5.74) is -2.30. The van der Waals surface area contributed by atoms with E-state index in [2.05, 4.69) is 10.1 Å². The third-order valence-corrected chi connectivity index (χ3v) is 3.11. The monoisotopic (exact) mass is 348 g/mol. The summed E-state index contributed by atoms with van der Waals surface area (Å²) in [6.07, 6.45) is -5.57. The van der Waals surface area contributed by atoms with Gasteiger partial charge in [0.2, 0.25) is 6.10 Å². The third-order valence-electron chi connectivity index (χ3n) is 3.11. The first-order chi connectivity index (χ1) is 11.2. The zero-order valence-electron chi connectivity index (χ0n) is 12.0. The van der Waals surface area contributed by atoms with E-state index >= 15 is 0 Å². The second kappa shape index (κ2) is 6.72. The van der Waals surface area contributed by atoms with Crippen molar-refractivity contribution < 1.29 is 37.2 Å². The van der Waals surface area contributed by atoms with Crippen LogP contribution in [-0.2, 0) is 25.2 Å². The van der Waals surface area contributed by atoms with Gasteiger partial charge >= 0.3 is 18.1 Å². The maximum atomic E-state index is 12.6. The lowest BCUT2D eigenvalue weighted by Crippen LogP contribution is -2.27. The van der Waals surface area contributed by atoms with E-state index < -0.39 is 46.9 Å². The summed E-state index contributed by atoms with van der Waals surface area (Å²) in [7, 11) is 0. The lowest BCUT2D eigenvalue weighted by Gasteiger charge is -2.11. The van der Waals surface area contributed by atoms with Crippen molar-refractivity contribution in [2.45, 2.75) is 18.7 Å². The minimum Gasteiger partial charge on any atom is -0.463 e. The fourth-order valence-corrected chi connectivity index (χ4v) is 1.96. The fourth-order valence-electron chi connectivity index (χ4n) is 1.96. The van der Waals surface area contributed by atoms with Crippen molar-refractivity contribution in [3.8, 4) is 0 Å². The Bertz CT molecular complexity index is 676. The van der Waals surface area contributed by atoms with Crippen LogP contribution in [0.2, 0.25) is 0 Å². The van der Waals surface area contributed by atoms with Crippen molar-refractivity contribution in [2.75, 3.05) is 18.5 Å². The molecule has 0 aliphatic carbocycles. The van der Waals surface area contributed by atoms with Crippen LogP contribution < -0.4 is 5.32 Å². The Labute approximate surface area is 132 Å². The van der Waals surface area contributed by atoms with Crippen molar-refractivity contribution in [1.82, 2.24) is 0 Å². The van der Waals surface area contributed by atoms with E-state index in [0.29, 0.717) is 12.1 Å². The molecule has 1 aromatic carbocycles. The first-order valence-electron chi connectivity index (χ1n) is 6.64. The van der Waals surface area contributed by atoms with Gasteiger partial charge in [0.25, 0.3) is 5.69 Å². The first-order valence-corrected chi connectivity index (χ1v) is 6.64. The lowest BCUT2D eigenvalue weighted by atomic mass is 10.1. The van der Waals surface area contributed by atoms with Gasteiger partial charge < -0.3 is 14.8 Å². The van der Waals surface area contributed by atoms with Crippen LogP contribution in [0, 0.1) is 10.1 Å². The lowest BCUT2D eigenvalue weighted by molar-refractivity contribution is -0.384. The predicted octanol–water partition coefficient (Wildman–Crippen LogP) is 1.88. The van der Waals surface area contributed by atoms with Gasteiger partial charge in [0.15, 0.2) is 0 Å². The Balaban J connectivity index is 2.05. The number of hydrogen-bond donors (Lipinski definition) is 1. The maximum Gasteiger partial charge on any atom is 0.416 e. The van der Waals surface area contributed by atoms with E-state index in [1.54, 1.807) is 0 Å². The molecule has 0 saturated carbocycles. The molecule has 1 aliphatic heterocycles. The number of nitro groups is 1. The van der Waals surface area contributed by atoms with Crippen LogP contribution in [0.4, 0.5) is 24.5 Å². The summed E-state index contributed by atoms with van der Waals surface area (Å²) < 4.78 is 47.1. The van der Waals surface area contributed by atoms with Gasteiger partial charge in [-0.05, 0) is 12.1 Å². The van der Waals surface area contributed by atoms with Crippen molar-refractivity contribution in [3.63, 3.8) is 0 Å². The average molecular weight is 348 g/mol. The molecule has 0 spiro atoms. The predicted molar refractivity (Wildman–Crippen MR) is 72.0 cm³/mol. The van der Waals surface area contributed by atoms with E-state index in [4.69, 9.17) is 4.74 Å². The molecule has 0 bridgehead atoms. The van der Waals surface area contributed by atoms with E-state index in [1.165, 1.54) is 0 Å². The number of carbonyl (C=O) groups is 2. The number of alkyl halides is 3. The van der Waals surface area contributed by atoms with E-state index in [9.17, 15) is 32.9 Å². The number of anilines is 1. The normalized spacial score (nSPS) is 17.3. The van der Waals surface area contributed by atoms with Gasteiger partial charge in [-0.15, -0.1) is 0 Å². The van der Waals surface area contributed by atoms with Crippen molar-refractivity contribution in [2.24, 2.45) is 0 Å². The molecule has 8 nitrogen and oxygen atoms in total. The highest BCUT2D eigenvalue weighted by molar-refractivity contribution is 5.82. The Kier molecular flexibility index (Phi) is 4.90. The summed E-state index contributed by atoms with van der Waals surface area (Å²) in [4.78, 5) is 32.6. The highest BCUT2D eigenvalue weighted by atomic mass is 19.4. The largest absolute Gasteiger partial charge is 0.463 e. The Hall–Kier alpha value is -2.85. The van der Waals surface area contributed by atoms with E-state index in [-0.39, 0.29) is 18.7 Å². The zero-order valence-corrected chi connectivity index (χ0v) is 12.0. The molecule has 1 atom stereocenters. The summed E-state index contributed by atoms with van der Waals surface area (Å²) >= 11 is 0. The van der Waals surface area contributed by atoms with Gasteiger partial charge in [-0.2, -0.15) is 13.2 Å². The number of nitro benzene ring substituents is 1. The van der Waals surface area contributed by atoms with Gasteiger partial charge in [0.05, 0.1) is 17.1 Å². The molecule has 0 radical (unpaired) electrons. The number of benzene rings is 1. The molecule has 130 valence electrons. The molecule has 11 heteroatoms. The molecule has 1 fully saturated rings. The number of nitrogens with zero attached hydrogens (tertiary/aromatic N) is 1. The van der Waals surface area contributed by atoms with E-state index in [1.807, 2.05) is 0 Å². The number of esters is 2. The molecule has 2 rings (SSSR count). The average Bonchev–Trinajstić information content (AvgIpc) is 2.89. The molecule has 0 aromatic heterocycles. The van der Waals surface area contributed by atoms with E-state index in [0.717, 1.165) is 6.07 Å². The summed E-state index contributed by atoms with van der Waals surface area (Å²) in [6, 6.07) is 1.86. The SMILES string of the molecule is O=C(CNc1ccc(C(F)(F)F)cc1[N+](=O)[O-])O[C@@H]1CCOC1=O. The number of hydrogen-bond acceptors (Lipinski definition) is 7. The minimum atomic E-state index is -4.73. The smallest absolute Gasteiger partial charge is 0.416 e. The highest BCUT2D eigenvalue weighted by Gasteiger charge is 2.33. The van der Waals surface area contributed by atoms with Gasteiger partial charge in [0, 0.05) is 12.5 Å². The van der Waals surface area contributed by atoms with Gasteiger partial charge in [-0.1, -0.05) is 0 Å². The van der Waals surface area contributed by atoms with Gasteiger partial charge in [-0.25, -0.2) is 4.79 Å². The number of cyclic esters (lactones) is 1. The standard InChI is InChI=1S/C13H11F3N2O6/c14-13(15,16)7-1-2-8(9(5-7)18(21)22)17-6-11(19)24-10-3-4-23-12(10)20/h1-2,5,10,17H,3-4,6H2/t10-/m1/s1. The number of ether oxygens (including phenoxy) is 2. The van der Waals surface area contributed by atoms with Crippen LogP contribution in [0.25, 0.3) is 0 Å². The van der Waals surface area contributed by atoms with Crippen LogP contribution in [0.15, 0.2) is 18.2 Å². The Morgan fingerprint density at radius 3 is 2.71 bits per heavy atom. The van der Waals surface area contributed by atoms with Crippen molar-refractivity contribution in [1.29, 1.82) is 0 Å². The number of nitrogens with one attached hydrogen (secondary N) is 1. The summed E-state index contributed by atoms with van der Waals surface area (Å²) in [5.74, 6) is -1.59. The highest BCUT2D eigenvalue weighted by Crippen LogP contribution is 2.34. The second-order valence-corrected chi connectivity index (χ2v) is 4.78. The Morgan fingerprint density at radius 1 is 1.46 bits per heavy atom. The molecule has 24 heavy (non-hydrogen) atoms. The quantitative estimate of drug-likeness (QED) is 0.492.